The van der Waals surface area contributed by atoms with Gasteiger partial charge in [0, 0.05) is 11.8 Å². The third-order valence-corrected chi connectivity index (χ3v) is 5.56. The number of ether oxygens (including phenoxy) is 1. The quantitative estimate of drug-likeness (QED) is 0.363. The van der Waals surface area contributed by atoms with E-state index in [0.717, 1.165) is 27.4 Å². The molecule has 3 nitrogen and oxygen atoms in total. The Labute approximate surface area is 171 Å². The highest BCUT2D eigenvalue weighted by molar-refractivity contribution is 7.13. The van der Waals surface area contributed by atoms with Gasteiger partial charge in [-0.25, -0.2) is 9.97 Å². The largest absolute Gasteiger partial charge is 0.489 e. The Bertz CT molecular complexity index is 1050. The molecule has 0 aliphatic heterocycles. The van der Waals surface area contributed by atoms with Gasteiger partial charge in [-0.05, 0) is 59.5 Å². The fraction of sp³-hybridized carbons (Fsp3) is 0.0476. The van der Waals surface area contributed by atoms with Gasteiger partial charge in [-0.2, -0.15) is 0 Å². The van der Waals surface area contributed by atoms with Crippen molar-refractivity contribution in [3.05, 3.63) is 87.8 Å². The van der Waals surface area contributed by atoms with Crippen molar-refractivity contribution in [2.75, 3.05) is 0 Å². The van der Waals surface area contributed by atoms with Gasteiger partial charge in [0.1, 0.15) is 12.4 Å². The lowest BCUT2D eigenvalue weighted by atomic mass is 10.2. The van der Waals surface area contributed by atoms with E-state index in [1.807, 2.05) is 53.9 Å². The lowest BCUT2D eigenvalue weighted by molar-refractivity contribution is 0.306. The Hall–Kier alpha value is -2.40. The van der Waals surface area contributed by atoms with Crippen molar-refractivity contribution in [1.82, 2.24) is 9.97 Å². The number of halogens is 2. The molecular weight excluding hydrogens is 399 g/mol. The number of hydrogen-bond donors (Lipinski definition) is 0. The fourth-order valence-electron chi connectivity index (χ4n) is 2.56. The maximum absolute atomic E-state index is 6.03. The Morgan fingerprint density at radius 3 is 2.52 bits per heavy atom. The van der Waals surface area contributed by atoms with Crippen LogP contribution in [0.25, 0.3) is 22.0 Å². The summed E-state index contributed by atoms with van der Waals surface area (Å²) in [4.78, 5) is 10.2. The van der Waals surface area contributed by atoms with Crippen LogP contribution in [0.4, 0.5) is 0 Å². The molecule has 0 radical (unpaired) electrons. The van der Waals surface area contributed by atoms with Gasteiger partial charge in [0.05, 0.1) is 20.6 Å². The highest BCUT2D eigenvalue weighted by atomic mass is 35.5. The van der Waals surface area contributed by atoms with Crippen molar-refractivity contribution in [1.29, 1.82) is 0 Å². The molecule has 4 aromatic rings. The van der Waals surface area contributed by atoms with Crippen LogP contribution in [0, 0.1) is 0 Å². The molecule has 0 aliphatic carbocycles. The minimum Gasteiger partial charge on any atom is -0.489 e. The van der Waals surface area contributed by atoms with E-state index >= 15 is 0 Å². The summed E-state index contributed by atoms with van der Waals surface area (Å²) in [6, 6.07) is 19.2. The van der Waals surface area contributed by atoms with E-state index in [2.05, 4.69) is 16.0 Å². The van der Waals surface area contributed by atoms with Gasteiger partial charge in [-0.3, -0.25) is 0 Å². The summed E-state index contributed by atoms with van der Waals surface area (Å²) in [5.41, 5.74) is 2.82. The van der Waals surface area contributed by atoms with Crippen LogP contribution in [0.3, 0.4) is 0 Å². The van der Waals surface area contributed by atoms with Gasteiger partial charge >= 0.3 is 0 Å². The molecule has 0 amide bonds. The van der Waals surface area contributed by atoms with Gasteiger partial charge in [-0.15, -0.1) is 11.3 Å². The highest BCUT2D eigenvalue weighted by Gasteiger charge is 2.06. The summed E-state index contributed by atoms with van der Waals surface area (Å²) in [6.07, 6.45) is 1.78. The molecule has 0 saturated heterocycles. The lowest BCUT2D eigenvalue weighted by Gasteiger charge is -2.08. The second kappa shape index (κ2) is 8.09. The van der Waals surface area contributed by atoms with Crippen LogP contribution in [-0.4, -0.2) is 9.97 Å². The van der Waals surface area contributed by atoms with Crippen molar-refractivity contribution in [3.63, 3.8) is 0 Å². The smallest absolute Gasteiger partial charge is 0.159 e. The molecule has 4 rings (SSSR count). The predicted molar refractivity (Wildman–Crippen MR) is 112 cm³/mol. The molecule has 0 saturated carbocycles. The normalized spacial score (nSPS) is 10.7. The van der Waals surface area contributed by atoms with Crippen LogP contribution in [0.2, 0.25) is 10.0 Å². The van der Waals surface area contributed by atoms with Gasteiger partial charge in [0.2, 0.25) is 0 Å². The number of aromatic nitrogens is 2. The van der Waals surface area contributed by atoms with Crippen LogP contribution in [-0.2, 0) is 6.61 Å². The summed E-state index contributed by atoms with van der Waals surface area (Å²) >= 11 is 13.6. The van der Waals surface area contributed by atoms with E-state index in [-0.39, 0.29) is 0 Å². The van der Waals surface area contributed by atoms with Crippen molar-refractivity contribution in [2.45, 2.75) is 6.61 Å². The molecule has 0 N–H and O–H groups in total. The maximum atomic E-state index is 6.03. The van der Waals surface area contributed by atoms with Gasteiger partial charge < -0.3 is 4.74 Å². The molecule has 6 heteroatoms. The average Bonchev–Trinajstić information content (AvgIpc) is 3.24. The molecule has 134 valence electrons. The molecule has 0 unspecified atom stereocenters. The second-order valence-corrected chi connectivity index (χ2v) is 7.57. The molecule has 0 spiro atoms. The Morgan fingerprint density at radius 1 is 0.926 bits per heavy atom. The molecule has 0 atom stereocenters. The number of hydrogen-bond acceptors (Lipinski definition) is 4. The monoisotopic (exact) mass is 412 g/mol. The lowest BCUT2D eigenvalue weighted by Crippen LogP contribution is -1.96. The Morgan fingerprint density at radius 2 is 1.78 bits per heavy atom. The van der Waals surface area contributed by atoms with Crippen molar-refractivity contribution in [2.24, 2.45) is 0 Å². The fourth-order valence-corrected chi connectivity index (χ4v) is 3.57. The summed E-state index contributed by atoms with van der Waals surface area (Å²) in [6.45, 7) is 0.417. The summed E-state index contributed by atoms with van der Waals surface area (Å²) in [5.74, 6) is 1.45. The van der Waals surface area contributed by atoms with Crippen molar-refractivity contribution >= 4 is 34.5 Å². The van der Waals surface area contributed by atoms with Gasteiger partial charge in [-0.1, -0.05) is 35.3 Å². The first-order valence-corrected chi connectivity index (χ1v) is 9.87. The number of nitrogens with zero attached hydrogens (tertiary/aromatic N) is 2. The first kappa shape index (κ1) is 18.0. The zero-order valence-electron chi connectivity index (χ0n) is 14.1. The highest BCUT2D eigenvalue weighted by Crippen LogP contribution is 2.26. The average molecular weight is 413 g/mol. The second-order valence-electron chi connectivity index (χ2n) is 5.80. The third-order valence-electron chi connectivity index (χ3n) is 3.93. The first-order valence-electron chi connectivity index (χ1n) is 8.23. The first-order chi connectivity index (χ1) is 13.2. The van der Waals surface area contributed by atoms with E-state index in [0.29, 0.717) is 22.5 Å². The summed E-state index contributed by atoms with van der Waals surface area (Å²) < 4.78 is 5.82. The SMILES string of the molecule is Clc1ccc(COc2ccc(-c3nccc(-c4cccs4)n3)cc2)cc1Cl. The minimum atomic E-state index is 0.417. The number of rotatable bonds is 5. The zero-order valence-corrected chi connectivity index (χ0v) is 16.4. The molecule has 2 aromatic carbocycles. The maximum Gasteiger partial charge on any atom is 0.159 e. The molecule has 0 aliphatic rings. The van der Waals surface area contributed by atoms with Crippen LogP contribution in [0.1, 0.15) is 5.56 Å². The zero-order chi connectivity index (χ0) is 18.6. The molecule has 2 heterocycles. The predicted octanol–water partition coefficient (Wildman–Crippen LogP) is 6.76. The number of benzene rings is 2. The molecular formula is C21H14Cl2N2OS. The molecule has 0 fully saturated rings. The van der Waals surface area contributed by atoms with E-state index in [1.165, 1.54) is 0 Å². The third kappa shape index (κ3) is 4.30. The Balaban J connectivity index is 1.47. The van der Waals surface area contributed by atoms with Crippen LogP contribution in [0.5, 0.6) is 5.75 Å². The standard InChI is InChI=1S/C21H14Cl2N2OS/c22-17-8-3-14(12-18(17)23)13-26-16-6-4-15(5-7-16)21-24-10-9-19(25-21)20-2-1-11-27-20/h1-12H,13H2. The summed E-state index contributed by atoms with van der Waals surface area (Å²) in [5, 5.41) is 3.10. The van der Waals surface area contributed by atoms with Gasteiger partial charge in [0.25, 0.3) is 0 Å². The van der Waals surface area contributed by atoms with E-state index < -0.39 is 0 Å². The minimum absolute atomic E-state index is 0.417. The number of thiophene rings is 1. The topological polar surface area (TPSA) is 35.0 Å². The van der Waals surface area contributed by atoms with Crippen LogP contribution < -0.4 is 4.74 Å². The van der Waals surface area contributed by atoms with Gasteiger partial charge in [0.15, 0.2) is 5.82 Å². The van der Waals surface area contributed by atoms with Crippen LogP contribution >= 0.6 is 34.5 Å². The van der Waals surface area contributed by atoms with E-state index in [9.17, 15) is 0 Å². The molecule has 0 bridgehead atoms. The van der Waals surface area contributed by atoms with Crippen LogP contribution in [0.15, 0.2) is 72.2 Å². The molecule has 27 heavy (non-hydrogen) atoms. The van der Waals surface area contributed by atoms with Crippen molar-refractivity contribution in [3.8, 4) is 27.7 Å². The Kier molecular flexibility index (Phi) is 5.39. The molecule has 2 aromatic heterocycles. The van der Waals surface area contributed by atoms with E-state index in [1.54, 1.807) is 23.6 Å². The van der Waals surface area contributed by atoms with E-state index in [4.69, 9.17) is 27.9 Å². The summed E-state index contributed by atoms with van der Waals surface area (Å²) in [7, 11) is 0. The van der Waals surface area contributed by atoms with Crippen molar-refractivity contribution < 1.29 is 4.74 Å².